The fourth-order valence-corrected chi connectivity index (χ4v) is 5.01. The number of hydrogen-bond donors (Lipinski definition) is 1. The van der Waals surface area contributed by atoms with E-state index in [-0.39, 0.29) is 0 Å². The van der Waals surface area contributed by atoms with E-state index in [0.717, 1.165) is 76.5 Å². The average Bonchev–Trinajstić information content (AvgIpc) is 3.21. The molecular formula is C22H30N4O2. The van der Waals surface area contributed by atoms with Gasteiger partial charge in [0.25, 0.3) is 0 Å². The summed E-state index contributed by atoms with van der Waals surface area (Å²) in [6, 6.07) is 2.78. The summed E-state index contributed by atoms with van der Waals surface area (Å²) in [6.07, 6.45) is 10.8. The Kier molecular flexibility index (Phi) is 5.43. The molecule has 2 aromatic rings. The SMILES string of the molecule is c1cc(N=C2CCC(N3CCOCC3)CC2)c2c(C3CCOCC3)c[nH]c2n1. The van der Waals surface area contributed by atoms with Crippen LogP contribution in [0.4, 0.5) is 5.69 Å². The summed E-state index contributed by atoms with van der Waals surface area (Å²) in [7, 11) is 0. The number of fused-ring (bicyclic) bond motifs is 1. The van der Waals surface area contributed by atoms with Crippen LogP contribution < -0.4 is 0 Å². The van der Waals surface area contributed by atoms with Gasteiger partial charge in [0, 0.05) is 55.8 Å². The zero-order chi connectivity index (χ0) is 18.8. The number of pyridine rings is 1. The van der Waals surface area contributed by atoms with Gasteiger partial charge in [0.15, 0.2) is 0 Å². The Morgan fingerprint density at radius 1 is 1.00 bits per heavy atom. The topological polar surface area (TPSA) is 62.7 Å². The molecule has 0 spiro atoms. The number of morpholine rings is 1. The van der Waals surface area contributed by atoms with Crippen molar-refractivity contribution in [3.63, 3.8) is 0 Å². The molecule has 0 bridgehead atoms. The van der Waals surface area contributed by atoms with Crippen molar-refractivity contribution in [2.24, 2.45) is 4.99 Å². The van der Waals surface area contributed by atoms with Crippen molar-refractivity contribution >= 4 is 22.4 Å². The Labute approximate surface area is 166 Å². The highest BCUT2D eigenvalue weighted by molar-refractivity contribution is 5.96. The number of nitrogens with zero attached hydrogens (tertiary/aromatic N) is 3. The van der Waals surface area contributed by atoms with Crippen LogP contribution in [0.5, 0.6) is 0 Å². The smallest absolute Gasteiger partial charge is 0.139 e. The highest BCUT2D eigenvalue weighted by atomic mass is 16.5. The molecule has 150 valence electrons. The molecule has 0 radical (unpaired) electrons. The van der Waals surface area contributed by atoms with Crippen LogP contribution in [-0.2, 0) is 9.47 Å². The fraction of sp³-hybridized carbons (Fsp3) is 0.636. The number of aromatic amines is 1. The molecule has 0 atom stereocenters. The van der Waals surface area contributed by atoms with Gasteiger partial charge in [-0.05, 0) is 56.1 Å². The second kappa shape index (κ2) is 8.31. The Bertz CT molecular complexity index is 824. The molecule has 2 aliphatic heterocycles. The molecule has 5 rings (SSSR count). The van der Waals surface area contributed by atoms with Crippen LogP contribution in [0.2, 0.25) is 0 Å². The molecule has 6 nitrogen and oxygen atoms in total. The lowest BCUT2D eigenvalue weighted by Crippen LogP contribution is -2.45. The molecular weight excluding hydrogens is 352 g/mol. The number of H-pyrrole nitrogens is 1. The lowest BCUT2D eigenvalue weighted by atomic mass is 9.91. The third-order valence-corrected chi connectivity index (χ3v) is 6.62. The van der Waals surface area contributed by atoms with Crippen molar-refractivity contribution in [1.29, 1.82) is 0 Å². The van der Waals surface area contributed by atoms with Crippen molar-refractivity contribution in [1.82, 2.24) is 14.9 Å². The van der Waals surface area contributed by atoms with Gasteiger partial charge in [0.2, 0.25) is 0 Å². The number of rotatable bonds is 3. The molecule has 6 heteroatoms. The van der Waals surface area contributed by atoms with Gasteiger partial charge in [-0.15, -0.1) is 0 Å². The summed E-state index contributed by atoms with van der Waals surface area (Å²) in [5, 5.41) is 1.22. The predicted octanol–water partition coefficient (Wildman–Crippen LogP) is 3.80. The summed E-state index contributed by atoms with van der Waals surface area (Å²) in [6.45, 7) is 5.64. The minimum Gasteiger partial charge on any atom is -0.381 e. The van der Waals surface area contributed by atoms with Gasteiger partial charge in [-0.25, -0.2) is 4.98 Å². The van der Waals surface area contributed by atoms with E-state index in [1.807, 2.05) is 6.20 Å². The molecule has 4 heterocycles. The first-order valence-electron chi connectivity index (χ1n) is 10.8. The molecule has 1 aliphatic carbocycles. The first-order valence-corrected chi connectivity index (χ1v) is 10.8. The number of hydrogen-bond acceptors (Lipinski definition) is 5. The Morgan fingerprint density at radius 2 is 1.75 bits per heavy atom. The number of ether oxygens (including phenoxy) is 2. The summed E-state index contributed by atoms with van der Waals surface area (Å²) in [4.78, 5) is 15.7. The van der Waals surface area contributed by atoms with E-state index in [4.69, 9.17) is 14.5 Å². The summed E-state index contributed by atoms with van der Waals surface area (Å²) < 4.78 is 11.1. The van der Waals surface area contributed by atoms with Gasteiger partial charge in [-0.1, -0.05) is 0 Å². The van der Waals surface area contributed by atoms with Gasteiger partial charge < -0.3 is 14.5 Å². The average molecular weight is 383 g/mol. The molecule has 3 aliphatic rings. The Morgan fingerprint density at radius 3 is 2.54 bits per heavy atom. The second-order valence-corrected chi connectivity index (χ2v) is 8.24. The molecule has 3 fully saturated rings. The van der Waals surface area contributed by atoms with Gasteiger partial charge in [-0.3, -0.25) is 9.89 Å². The minimum atomic E-state index is 0.544. The molecule has 1 N–H and O–H groups in total. The molecule has 0 unspecified atom stereocenters. The molecule has 2 saturated heterocycles. The van der Waals surface area contributed by atoms with Gasteiger partial charge in [0.05, 0.1) is 18.9 Å². The van der Waals surface area contributed by atoms with E-state index in [0.29, 0.717) is 12.0 Å². The molecule has 2 aromatic heterocycles. The quantitative estimate of drug-likeness (QED) is 0.877. The zero-order valence-electron chi connectivity index (χ0n) is 16.5. The molecule has 0 aromatic carbocycles. The third-order valence-electron chi connectivity index (χ3n) is 6.62. The third kappa shape index (κ3) is 3.73. The molecule has 1 saturated carbocycles. The zero-order valence-corrected chi connectivity index (χ0v) is 16.5. The van der Waals surface area contributed by atoms with Gasteiger partial charge >= 0.3 is 0 Å². The largest absolute Gasteiger partial charge is 0.381 e. The van der Waals surface area contributed by atoms with E-state index in [1.165, 1.54) is 29.5 Å². The Hall–Kier alpha value is -1.76. The van der Waals surface area contributed by atoms with Crippen LogP contribution >= 0.6 is 0 Å². The minimum absolute atomic E-state index is 0.544. The standard InChI is InChI=1S/C22H30N4O2/c1-3-18(26-9-13-28-14-10-26)4-2-17(1)25-20-5-8-23-22-21(20)19(15-24-22)16-6-11-27-12-7-16/h5,8,15-16,18H,1-4,6-7,9-14H2,(H,23,24). The van der Waals surface area contributed by atoms with Crippen LogP contribution in [0.25, 0.3) is 11.0 Å². The van der Waals surface area contributed by atoms with E-state index >= 15 is 0 Å². The Balaban J connectivity index is 1.35. The van der Waals surface area contributed by atoms with Crippen molar-refractivity contribution in [2.75, 3.05) is 39.5 Å². The predicted molar refractivity (Wildman–Crippen MR) is 111 cm³/mol. The van der Waals surface area contributed by atoms with Crippen LogP contribution in [0, 0.1) is 0 Å². The normalized spacial score (nSPS) is 25.3. The van der Waals surface area contributed by atoms with Gasteiger partial charge in [0.1, 0.15) is 5.65 Å². The van der Waals surface area contributed by atoms with Crippen LogP contribution in [0.3, 0.4) is 0 Å². The van der Waals surface area contributed by atoms with Crippen LogP contribution in [0.1, 0.15) is 50.0 Å². The maximum Gasteiger partial charge on any atom is 0.139 e. The summed E-state index contributed by atoms with van der Waals surface area (Å²) in [5.41, 5.74) is 4.77. The van der Waals surface area contributed by atoms with Crippen molar-refractivity contribution in [2.45, 2.75) is 50.5 Å². The monoisotopic (exact) mass is 382 g/mol. The number of nitrogens with one attached hydrogen (secondary N) is 1. The van der Waals surface area contributed by atoms with E-state index in [9.17, 15) is 0 Å². The fourth-order valence-electron chi connectivity index (χ4n) is 5.01. The summed E-state index contributed by atoms with van der Waals surface area (Å²) >= 11 is 0. The highest BCUT2D eigenvalue weighted by Crippen LogP contribution is 2.37. The maximum absolute atomic E-state index is 5.56. The lowest BCUT2D eigenvalue weighted by Gasteiger charge is -2.36. The van der Waals surface area contributed by atoms with E-state index < -0.39 is 0 Å². The lowest BCUT2D eigenvalue weighted by molar-refractivity contribution is 0.0125. The van der Waals surface area contributed by atoms with E-state index in [2.05, 4.69) is 27.1 Å². The van der Waals surface area contributed by atoms with E-state index in [1.54, 1.807) is 0 Å². The number of aromatic nitrogens is 2. The highest BCUT2D eigenvalue weighted by Gasteiger charge is 2.26. The summed E-state index contributed by atoms with van der Waals surface area (Å²) in [5.74, 6) is 0.544. The van der Waals surface area contributed by atoms with Crippen LogP contribution in [0.15, 0.2) is 23.5 Å². The van der Waals surface area contributed by atoms with Crippen LogP contribution in [-0.4, -0.2) is 66.1 Å². The van der Waals surface area contributed by atoms with Crippen molar-refractivity contribution < 1.29 is 9.47 Å². The van der Waals surface area contributed by atoms with Crippen molar-refractivity contribution in [3.8, 4) is 0 Å². The van der Waals surface area contributed by atoms with Gasteiger partial charge in [-0.2, -0.15) is 0 Å². The second-order valence-electron chi connectivity index (χ2n) is 8.24. The number of aliphatic imine (C=N–C) groups is 1. The first-order chi connectivity index (χ1) is 13.9. The molecule has 28 heavy (non-hydrogen) atoms. The van der Waals surface area contributed by atoms with Crippen molar-refractivity contribution in [3.05, 3.63) is 24.0 Å². The maximum atomic E-state index is 5.56. The molecule has 0 amide bonds. The first kappa shape index (κ1) is 18.3.